The van der Waals surface area contributed by atoms with Crippen molar-refractivity contribution in [3.05, 3.63) is 0 Å². The molecule has 0 bridgehead atoms. The van der Waals surface area contributed by atoms with Gasteiger partial charge in [0.2, 0.25) is 5.91 Å². The van der Waals surface area contributed by atoms with Crippen molar-refractivity contribution < 1.29 is 4.79 Å². The average Bonchev–Trinajstić information content (AvgIpc) is 1.98. The van der Waals surface area contributed by atoms with Gasteiger partial charge in [-0.05, 0) is 39.9 Å². The largest absolute Gasteiger partial charge is 0.363 e. The zero-order valence-corrected chi connectivity index (χ0v) is 10.0. The summed E-state index contributed by atoms with van der Waals surface area (Å²) in [5.41, 5.74) is -0.196. The Hall–Kier alpha value is -0.840. The molecule has 0 radical (unpaired) electrons. The van der Waals surface area contributed by atoms with Crippen LogP contribution in [0.15, 0.2) is 0 Å². The van der Waals surface area contributed by atoms with Crippen LogP contribution in [0.25, 0.3) is 0 Å². The first kappa shape index (κ1) is 13.2. The number of carbonyl (C=O) groups is 1. The van der Waals surface area contributed by atoms with E-state index < -0.39 is 0 Å². The van der Waals surface area contributed by atoms with Crippen molar-refractivity contribution in [3.63, 3.8) is 0 Å². The molecule has 0 unspecified atom stereocenters. The monoisotopic (exact) mass is 217 g/mol. The van der Waals surface area contributed by atoms with Crippen LogP contribution < -0.4 is 16.0 Å². The second kappa shape index (κ2) is 5.80. The molecule has 0 aliphatic rings. The number of hydrogen-bond acceptors (Lipinski definition) is 2. The van der Waals surface area contributed by atoms with Crippen LogP contribution in [0.4, 0.5) is 0 Å². The topological polar surface area (TPSA) is 53.2 Å². The maximum absolute atomic E-state index is 11.3. The smallest absolute Gasteiger partial charge is 0.239 e. The Bertz CT molecular complexity index is 211. The van der Waals surface area contributed by atoms with Gasteiger partial charge in [-0.1, -0.05) is 0 Å². The highest BCUT2D eigenvalue weighted by molar-refractivity contribution is 7.80. The molecule has 0 fully saturated rings. The van der Waals surface area contributed by atoms with Gasteiger partial charge in [0.15, 0.2) is 5.11 Å². The zero-order valence-electron chi connectivity index (χ0n) is 9.23. The second-order valence-electron chi connectivity index (χ2n) is 4.01. The minimum Gasteiger partial charge on any atom is -0.363 e. The third-order valence-electron chi connectivity index (χ3n) is 1.26. The van der Waals surface area contributed by atoms with E-state index >= 15 is 0 Å². The van der Waals surface area contributed by atoms with Gasteiger partial charge in [0.05, 0.1) is 6.54 Å². The molecule has 0 atom stereocenters. The summed E-state index contributed by atoms with van der Waals surface area (Å²) in [6, 6.07) is 0. The molecule has 4 nitrogen and oxygen atoms in total. The summed E-state index contributed by atoms with van der Waals surface area (Å²) in [7, 11) is 0. The van der Waals surface area contributed by atoms with Crippen molar-refractivity contribution in [2.45, 2.75) is 33.2 Å². The van der Waals surface area contributed by atoms with Crippen LogP contribution in [0.5, 0.6) is 0 Å². The van der Waals surface area contributed by atoms with Gasteiger partial charge in [0.1, 0.15) is 0 Å². The molecular weight excluding hydrogens is 198 g/mol. The maximum atomic E-state index is 11.3. The van der Waals surface area contributed by atoms with E-state index in [1.165, 1.54) is 0 Å². The molecule has 0 spiro atoms. The Morgan fingerprint density at radius 1 is 1.29 bits per heavy atom. The lowest BCUT2D eigenvalue weighted by Crippen LogP contribution is -2.47. The van der Waals surface area contributed by atoms with Crippen molar-refractivity contribution in [3.8, 4) is 0 Å². The first-order valence-electron chi connectivity index (χ1n) is 4.68. The summed E-state index contributed by atoms with van der Waals surface area (Å²) in [5.74, 6) is -0.0576. The standard InChI is InChI=1S/C9H19N3OS/c1-5-10-8(14)11-6-7(13)12-9(2,3)4/h5-6H2,1-4H3,(H,12,13)(H2,10,11,14). The Balaban J connectivity index is 3.70. The molecular formula is C9H19N3OS. The first-order chi connectivity index (χ1) is 6.35. The molecule has 3 N–H and O–H groups in total. The summed E-state index contributed by atoms with van der Waals surface area (Å²) >= 11 is 4.91. The number of nitrogens with one attached hydrogen (secondary N) is 3. The molecule has 1 amide bonds. The van der Waals surface area contributed by atoms with E-state index in [9.17, 15) is 4.79 Å². The highest BCUT2D eigenvalue weighted by Gasteiger charge is 2.13. The Kier molecular flexibility index (Phi) is 5.45. The van der Waals surface area contributed by atoms with Gasteiger partial charge < -0.3 is 16.0 Å². The van der Waals surface area contributed by atoms with Gasteiger partial charge in [-0.15, -0.1) is 0 Å². The fraction of sp³-hybridized carbons (Fsp3) is 0.778. The maximum Gasteiger partial charge on any atom is 0.239 e. The van der Waals surface area contributed by atoms with Crippen molar-refractivity contribution in [1.29, 1.82) is 0 Å². The quantitative estimate of drug-likeness (QED) is 0.598. The Morgan fingerprint density at radius 2 is 1.86 bits per heavy atom. The highest BCUT2D eigenvalue weighted by atomic mass is 32.1. The number of thiocarbonyl (C=S) groups is 1. The Labute approximate surface area is 90.8 Å². The van der Waals surface area contributed by atoms with Crippen LogP contribution in [-0.4, -0.2) is 29.6 Å². The molecule has 0 saturated heterocycles. The predicted octanol–water partition coefficient (Wildman–Crippen LogP) is 0.385. The highest BCUT2D eigenvalue weighted by Crippen LogP contribution is 1.96. The summed E-state index contributed by atoms with van der Waals surface area (Å²) in [6.45, 7) is 8.73. The van der Waals surface area contributed by atoms with E-state index in [4.69, 9.17) is 12.2 Å². The van der Waals surface area contributed by atoms with E-state index in [2.05, 4.69) is 16.0 Å². The van der Waals surface area contributed by atoms with Gasteiger partial charge in [-0.2, -0.15) is 0 Å². The average molecular weight is 217 g/mol. The molecule has 0 aliphatic carbocycles. The minimum absolute atomic E-state index is 0.0576. The molecule has 5 heteroatoms. The summed E-state index contributed by atoms with van der Waals surface area (Å²) in [5, 5.41) is 9.06. The van der Waals surface area contributed by atoms with Crippen molar-refractivity contribution in [2.24, 2.45) is 0 Å². The summed E-state index contributed by atoms with van der Waals surface area (Å²) in [6.07, 6.45) is 0. The van der Waals surface area contributed by atoms with Gasteiger partial charge in [-0.3, -0.25) is 4.79 Å². The van der Waals surface area contributed by atoms with E-state index in [1.54, 1.807) is 0 Å². The Morgan fingerprint density at radius 3 is 2.29 bits per heavy atom. The number of carbonyl (C=O) groups excluding carboxylic acids is 1. The van der Waals surface area contributed by atoms with Crippen molar-refractivity contribution >= 4 is 23.2 Å². The third kappa shape index (κ3) is 7.79. The fourth-order valence-corrected chi connectivity index (χ4v) is 1.06. The van der Waals surface area contributed by atoms with Crippen LogP contribution in [0.3, 0.4) is 0 Å². The normalized spacial score (nSPS) is 10.6. The van der Waals surface area contributed by atoms with Gasteiger partial charge in [0, 0.05) is 12.1 Å². The molecule has 14 heavy (non-hydrogen) atoms. The first-order valence-corrected chi connectivity index (χ1v) is 5.08. The lowest BCUT2D eigenvalue weighted by molar-refractivity contribution is -0.121. The van der Waals surface area contributed by atoms with Crippen LogP contribution in [0.1, 0.15) is 27.7 Å². The fourth-order valence-electron chi connectivity index (χ4n) is 0.846. The minimum atomic E-state index is -0.196. The predicted molar refractivity (Wildman–Crippen MR) is 62.2 cm³/mol. The lowest BCUT2D eigenvalue weighted by atomic mass is 10.1. The van der Waals surface area contributed by atoms with E-state index in [0.29, 0.717) is 5.11 Å². The zero-order chi connectivity index (χ0) is 11.2. The lowest BCUT2D eigenvalue weighted by Gasteiger charge is -2.20. The SMILES string of the molecule is CCNC(=S)NCC(=O)NC(C)(C)C. The van der Waals surface area contributed by atoms with Gasteiger partial charge in [-0.25, -0.2) is 0 Å². The third-order valence-corrected chi connectivity index (χ3v) is 1.55. The van der Waals surface area contributed by atoms with E-state index in [1.807, 2.05) is 27.7 Å². The molecule has 0 rings (SSSR count). The van der Waals surface area contributed by atoms with E-state index in [0.717, 1.165) is 6.54 Å². The molecule has 0 saturated carbocycles. The molecule has 0 aromatic carbocycles. The molecule has 82 valence electrons. The molecule has 0 aromatic rings. The summed E-state index contributed by atoms with van der Waals surface area (Å²) in [4.78, 5) is 11.3. The number of amides is 1. The second-order valence-corrected chi connectivity index (χ2v) is 4.42. The molecule has 0 aliphatic heterocycles. The van der Waals surface area contributed by atoms with Crippen molar-refractivity contribution in [1.82, 2.24) is 16.0 Å². The van der Waals surface area contributed by atoms with Crippen LogP contribution in [-0.2, 0) is 4.79 Å². The van der Waals surface area contributed by atoms with Crippen molar-refractivity contribution in [2.75, 3.05) is 13.1 Å². The van der Waals surface area contributed by atoms with Crippen LogP contribution in [0, 0.1) is 0 Å². The number of rotatable bonds is 3. The number of hydrogen-bond donors (Lipinski definition) is 3. The summed E-state index contributed by atoms with van der Waals surface area (Å²) < 4.78 is 0. The molecule has 0 heterocycles. The van der Waals surface area contributed by atoms with E-state index in [-0.39, 0.29) is 18.0 Å². The van der Waals surface area contributed by atoms with Crippen LogP contribution in [0.2, 0.25) is 0 Å². The van der Waals surface area contributed by atoms with Gasteiger partial charge in [0.25, 0.3) is 0 Å². The molecule has 0 aromatic heterocycles. The van der Waals surface area contributed by atoms with Crippen LogP contribution >= 0.6 is 12.2 Å². The van der Waals surface area contributed by atoms with Gasteiger partial charge >= 0.3 is 0 Å².